The first-order chi connectivity index (χ1) is 11.0. The van der Waals surface area contributed by atoms with E-state index in [1.54, 1.807) is 12.3 Å². The average molecular weight is 319 g/mol. The normalized spacial score (nSPS) is 32.6. The van der Waals surface area contributed by atoms with Gasteiger partial charge in [-0.05, 0) is 18.1 Å². The number of rotatable bonds is 2. The molecule has 122 valence electrons. The first kappa shape index (κ1) is 14.6. The van der Waals surface area contributed by atoms with Gasteiger partial charge in [0.1, 0.15) is 24.0 Å². The van der Waals surface area contributed by atoms with Crippen molar-refractivity contribution in [2.75, 3.05) is 13.2 Å². The van der Waals surface area contributed by atoms with Gasteiger partial charge in [-0.3, -0.25) is 9.79 Å². The van der Waals surface area contributed by atoms with Crippen LogP contribution in [0, 0.1) is 0 Å². The molecule has 1 aromatic heterocycles. The summed E-state index contributed by atoms with van der Waals surface area (Å²) in [5.41, 5.74) is 8.50. The van der Waals surface area contributed by atoms with Crippen molar-refractivity contribution in [1.82, 2.24) is 4.57 Å². The van der Waals surface area contributed by atoms with Crippen molar-refractivity contribution in [3.8, 4) is 0 Å². The summed E-state index contributed by atoms with van der Waals surface area (Å²) in [7, 11) is 0. The topological polar surface area (TPSA) is 130 Å². The minimum Gasteiger partial charge on any atom is -0.395 e. The minimum atomic E-state index is -1.25. The first-order valence-corrected chi connectivity index (χ1v) is 7.45. The Bertz CT molecular complexity index is 751. The van der Waals surface area contributed by atoms with Gasteiger partial charge in [-0.2, -0.15) is 0 Å². The van der Waals surface area contributed by atoms with Gasteiger partial charge >= 0.3 is 0 Å². The molecule has 23 heavy (non-hydrogen) atoms. The molecule has 0 aromatic carbocycles. The molecule has 8 nitrogen and oxygen atoms in total. The van der Waals surface area contributed by atoms with E-state index in [9.17, 15) is 20.1 Å². The van der Waals surface area contributed by atoms with Crippen molar-refractivity contribution >= 4 is 11.5 Å². The van der Waals surface area contributed by atoms with E-state index in [1.807, 2.05) is 0 Å². The summed E-state index contributed by atoms with van der Waals surface area (Å²) in [6.45, 7) is 0.174. The van der Waals surface area contributed by atoms with Crippen molar-refractivity contribution in [1.29, 1.82) is 0 Å². The van der Waals surface area contributed by atoms with E-state index < -0.39 is 31.1 Å². The molecular weight excluding hydrogens is 302 g/mol. The Morgan fingerprint density at radius 3 is 2.87 bits per heavy atom. The summed E-state index contributed by atoms with van der Waals surface area (Å²) < 4.78 is 7.06. The molecule has 4 rings (SSSR count). The van der Waals surface area contributed by atoms with E-state index in [0.29, 0.717) is 29.9 Å². The van der Waals surface area contributed by atoms with Crippen LogP contribution in [0.25, 0.3) is 0 Å². The van der Waals surface area contributed by atoms with Gasteiger partial charge < -0.3 is 30.4 Å². The number of nitrogens with two attached hydrogens (primary N) is 1. The van der Waals surface area contributed by atoms with Gasteiger partial charge in [0.25, 0.3) is 0 Å². The predicted molar refractivity (Wildman–Crippen MR) is 79.2 cm³/mol. The molecule has 0 amide bonds. The standard InChI is InChI=1S/C15H17N3O5/c16-7-3-8-10-6(1-2-17-8)4-18(11(10)12(7)20)15-14(22)13(21)9(5-19)23-15/h3-4,9,13-15,19,21-22H,1-2,5,16H2/t9-,13-,14-,15-/m1/s1. The fourth-order valence-electron chi connectivity index (χ4n) is 3.44. The van der Waals surface area contributed by atoms with E-state index in [4.69, 9.17) is 10.5 Å². The lowest BCUT2D eigenvalue weighted by Gasteiger charge is -2.22. The van der Waals surface area contributed by atoms with Crippen molar-refractivity contribution in [2.24, 2.45) is 10.7 Å². The predicted octanol–water partition coefficient (Wildman–Crippen LogP) is -1.52. The SMILES string of the molecule is NC1=CC2=NCCc3cn([C@@H]4O[C@H](CO)[C@@H](O)[C@H]4O)c(c32)C1=O. The highest BCUT2D eigenvalue weighted by atomic mass is 16.6. The zero-order chi connectivity index (χ0) is 16.3. The smallest absolute Gasteiger partial charge is 0.225 e. The summed E-state index contributed by atoms with van der Waals surface area (Å²) >= 11 is 0. The number of aliphatic imine (C=N–C) groups is 1. The molecule has 0 saturated carbocycles. The zero-order valence-electron chi connectivity index (χ0n) is 12.2. The number of ether oxygens (including phenoxy) is 1. The molecule has 4 atom stereocenters. The van der Waals surface area contributed by atoms with Crippen LogP contribution in [-0.2, 0) is 11.2 Å². The lowest BCUT2D eigenvalue weighted by molar-refractivity contribution is -0.0532. The Hall–Kier alpha value is -2.00. The number of hydrogen-bond acceptors (Lipinski definition) is 7. The Balaban J connectivity index is 1.85. The number of hydrogen-bond donors (Lipinski definition) is 4. The first-order valence-electron chi connectivity index (χ1n) is 7.45. The monoisotopic (exact) mass is 319 g/mol. The highest BCUT2D eigenvalue weighted by molar-refractivity contribution is 6.26. The van der Waals surface area contributed by atoms with Gasteiger partial charge in [-0.1, -0.05) is 0 Å². The summed E-state index contributed by atoms with van der Waals surface area (Å²) in [6.07, 6.45) is -0.359. The third-order valence-electron chi connectivity index (χ3n) is 4.59. The van der Waals surface area contributed by atoms with Gasteiger partial charge in [0.05, 0.1) is 18.0 Å². The number of aromatic nitrogens is 1. The van der Waals surface area contributed by atoms with Crippen molar-refractivity contribution in [2.45, 2.75) is 31.0 Å². The van der Waals surface area contributed by atoms with E-state index >= 15 is 0 Å². The van der Waals surface area contributed by atoms with Crippen LogP contribution < -0.4 is 5.73 Å². The third-order valence-corrected chi connectivity index (χ3v) is 4.59. The molecular formula is C15H17N3O5. The van der Waals surface area contributed by atoms with Crippen LogP contribution >= 0.6 is 0 Å². The number of nitrogens with zero attached hydrogens (tertiary/aromatic N) is 2. The lowest BCUT2D eigenvalue weighted by atomic mass is 9.92. The van der Waals surface area contributed by atoms with Crippen LogP contribution in [0.3, 0.4) is 0 Å². The summed E-state index contributed by atoms with van der Waals surface area (Å²) in [4.78, 5) is 16.9. The van der Waals surface area contributed by atoms with Crippen LogP contribution in [0.5, 0.6) is 0 Å². The maximum atomic E-state index is 12.5. The van der Waals surface area contributed by atoms with Crippen LogP contribution in [0.4, 0.5) is 0 Å². The molecule has 0 spiro atoms. The van der Waals surface area contributed by atoms with Gasteiger partial charge in [0.2, 0.25) is 5.78 Å². The second-order valence-corrected chi connectivity index (χ2v) is 5.96. The second-order valence-electron chi connectivity index (χ2n) is 5.96. The number of aliphatic hydroxyl groups is 3. The van der Waals surface area contributed by atoms with E-state index in [0.717, 1.165) is 5.56 Å². The summed E-state index contributed by atoms with van der Waals surface area (Å²) in [6, 6.07) is 0. The van der Waals surface area contributed by atoms with Crippen LogP contribution in [0.15, 0.2) is 23.0 Å². The van der Waals surface area contributed by atoms with Crippen LogP contribution in [0.1, 0.15) is 27.8 Å². The minimum absolute atomic E-state index is 0.0794. The molecule has 2 aliphatic heterocycles. The molecule has 3 heterocycles. The summed E-state index contributed by atoms with van der Waals surface area (Å²) in [5.74, 6) is -0.357. The van der Waals surface area contributed by atoms with E-state index in [2.05, 4.69) is 4.99 Å². The van der Waals surface area contributed by atoms with Crippen molar-refractivity contribution < 1.29 is 24.9 Å². The maximum absolute atomic E-state index is 12.5. The second kappa shape index (κ2) is 5.00. The van der Waals surface area contributed by atoms with Crippen molar-refractivity contribution in [3.63, 3.8) is 0 Å². The van der Waals surface area contributed by atoms with Crippen LogP contribution in [-0.4, -0.2) is 62.8 Å². The number of allylic oxidation sites excluding steroid dienone is 2. The average Bonchev–Trinajstić information content (AvgIpc) is 3.05. The molecule has 1 fully saturated rings. The molecule has 1 aliphatic carbocycles. The molecule has 1 saturated heterocycles. The highest BCUT2D eigenvalue weighted by Gasteiger charge is 2.45. The highest BCUT2D eigenvalue weighted by Crippen LogP contribution is 2.36. The zero-order valence-corrected chi connectivity index (χ0v) is 12.2. The molecule has 0 bridgehead atoms. The Kier molecular flexibility index (Phi) is 3.17. The quantitative estimate of drug-likeness (QED) is 0.524. The fraction of sp³-hybridized carbons (Fsp3) is 0.467. The lowest BCUT2D eigenvalue weighted by Crippen LogP contribution is -2.34. The molecule has 3 aliphatic rings. The molecule has 5 N–H and O–H groups in total. The number of Topliss-reactive ketones (excluding diaryl/α,β-unsaturated/α-hetero) is 1. The molecule has 1 aromatic rings. The fourth-order valence-corrected chi connectivity index (χ4v) is 3.44. The Morgan fingerprint density at radius 2 is 2.17 bits per heavy atom. The summed E-state index contributed by atoms with van der Waals surface area (Å²) in [5, 5.41) is 29.4. The van der Waals surface area contributed by atoms with Gasteiger partial charge in [0.15, 0.2) is 6.23 Å². The Labute approximate surface area is 131 Å². The number of carbonyl (C=O) groups excluding carboxylic acids is 1. The van der Waals surface area contributed by atoms with Gasteiger partial charge in [0, 0.05) is 18.3 Å². The number of carbonyl (C=O) groups is 1. The Morgan fingerprint density at radius 1 is 1.39 bits per heavy atom. The molecule has 8 heteroatoms. The largest absolute Gasteiger partial charge is 0.395 e. The van der Waals surface area contributed by atoms with Gasteiger partial charge in [-0.25, -0.2) is 0 Å². The van der Waals surface area contributed by atoms with E-state index in [-0.39, 0.29) is 11.5 Å². The van der Waals surface area contributed by atoms with E-state index in [1.165, 1.54) is 4.57 Å². The number of aliphatic hydroxyl groups excluding tert-OH is 3. The molecule has 0 unspecified atom stereocenters. The maximum Gasteiger partial charge on any atom is 0.225 e. The third kappa shape index (κ3) is 1.93. The van der Waals surface area contributed by atoms with Gasteiger partial charge in [-0.15, -0.1) is 0 Å². The van der Waals surface area contributed by atoms with Crippen LogP contribution in [0.2, 0.25) is 0 Å². The molecule has 0 radical (unpaired) electrons. The van der Waals surface area contributed by atoms with Crippen molar-refractivity contribution in [3.05, 3.63) is 34.8 Å². The number of ketones is 1.